The second-order valence-corrected chi connectivity index (χ2v) is 9.49. The van der Waals surface area contributed by atoms with Gasteiger partial charge in [0.25, 0.3) is 0 Å². The lowest BCUT2D eigenvalue weighted by Gasteiger charge is -2.56. The molecule has 6 atom stereocenters. The Morgan fingerprint density at radius 3 is 2.69 bits per heavy atom. The fraction of sp³-hybridized carbons (Fsp3) is 0.727. The molecule has 0 bridgehead atoms. The number of fused-ring (bicyclic) bond motifs is 6. The number of allylic oxidation sites excluding steroid dienone is 1. The van der Waals surface area contributed by atoms with Gasteiger partial charge in [-0.25, -0.2) is 4.79 Å². The van der Waals surface area contributed by atoms with Gasteiger partial charge in [-0.3, -0.25) is 4.79 Å². The number of ketones is 1. The molecule has 0 aromatic carbocycles. The maximum absolute atomic E-state index is 12.0. The predicted molar refractivity (Wildman–Crippen MR) is 99.5 cm³/mol. The third-order valence-corrected chi connectivity index (χ3v) is 9.15. The van der Waals surface area contributed by atoms with E-state index in [4.69, 9.17) is 16.3 Å². The number of ether oxygens (including phenoxy) is 1. The molecule has 0 unspecified atom stereocenters. The summed E-state index contributed by atoms with van der Waals surface area (Å²) in [5, 5.41) is 0.558. The number of halogens is 1. The summed E-state index contributed by atoms with van der Waals surface area (Å²) >= 11 is 6.42. The Morgan fingerprint density at radius 1 is 1.12 bits per heavy atom. The van der Waals surface area contributed by atoms with E-state index in [1.807, 2.05) is 0 Å². The van der Waals surface area contributed by atoms with Crippen molar-refractivity contribution in [2.45, 2.75) is 70.3 Å². The van der Waals surface area contributed by atoms with E-state index in [0.29, 0.717) is 35.1 Å². The first kappa shape index (κ1) is 17.0. The molecule has 3 nitrogen and oxygen atoms in total. The molecule has 3 fully saturated rings. The van der Waals surface area contributed by atoms with Crippen molar-refractivity contribution >= 4 is 23.4 Å². The van der Waals surface area contributed by atoms with E-state index in [-0.39, 0.29) is 22.8 Å². The highest BCUT2D eigenvalue weighted by atomic mass is 35.5. The zero-order chi connectivity index (χ0) is 18.1. The van der Waals surface area contributed by atoms with Gasteiger partial charge >= 0.3 is 5.97 Å². The molecule has 5 rings (SSSR count). The van der Waals surface area contributed by atoms with Crippen LogP contribution in [0.1, 0.15) is 64.7 Å². The summed E-state index contributed by atoms with van der Waals surface area (Å²) in [6.07, 6.45) is 13.0. The maximum Gasteiger partial charge on any atom is 0.331 e. The van der Waals surface area contributed by atoms with Crippen molar-refractivity contribution in [3.8, 4) is 0 Å². The first-order valence-corrected chi connectivity index (χ1v) is 10.7. The van der Waals surface area contributed by atoms with Gasteiger partial charge in [-0.1, -0.05) is 18.5 Å². The van der Waals surface area contributed by atoms with E-state index in [1.54, 1.807) is 6.08 Å². The van der Waals surface area contributed by atoms with Crippen LogP contribution in [-0.2, 0) is 14.3 Å². The third kappa shape index (κ3) is 2.01. The van der Waals surface area contributed by atoms with Crippen molar-refractivity contribution in [2.24, 2.45) is 29.1 Å². The van der Waals surface area contributed by atoms with Crippen LogP contribution in [0.3, 0.4) is 0 Å². The first-order chi connectivity index (χ1) is 12.5. The van der Waals surface area contributed by atoms with Crippen LogP contribution < -0.4 is 0 Å². The highest BCUT2D eigenvalue weighted by Crippen LogP contribution is 2.68. The van der Waals surface area contributed by atoms with E-state index in [0.717, 1.165) is 44.9 Å². The third-order valence-electron chi connectivity index (χ3n) is 8.69. The van der Waals surface area contributed by atoms with Crippen LogP contribution in [0.2, 0.25) is 0 Å². The van der Waals surface area contributed by atoms with E-state index >= 15 is 0 Å². The maximum atomic E-state index is 12.0. The van der Waals surface area contributed by atoms with E-state index in [9.17, 15) is 9.59 Å². The van der Waals surface area contributed by atoms with Crippen molar-refractivity contribution in [3.63, 3.8) is 0 Å². The number of carbonyl (C=O) groups excluding carboxylic acids is 2. The fourth-order valence-corrected chi connectivity index (χ4v) is 8.00. The van der Waals surface area contributed by atoms with Gasteiger partial charge in [0.2, 0.25) is 0 Å². The standard InChI is InChI=1S/C22H27ClO3/c1-2-21-10-7-14-13-5-6-18(24)20(23)16(13)4-3-15(14)17(21)8-11-22(21)12-9-19(25)26-22/h9,12-15,17H,2-8,10-11H2,1H3/t13-,14-,15-,17+,21+,22-/m1/s1. The van der Waals surface area contributed by atoms with Crippen LogP contribution in [0, 0.1) is 29.1 Å². The molecular formula is C22H27ClO3. The number of Topliss-reactive ketones (excluding diaryl/α,β-unsaturated/α-hetero) is 1. The largest absolute Gasteiger partial charge is 0.451 e. The molecule has 4 heteroatoms. The van der Waals surface area contributed by atoms with Crippen molar-refractivity contribution in [2.75, 3.05) is 0 Å². The van der Waals surface area contributed by atoms with Gasteiger partial charge in [-0.15, -0.1) is 0 Å². The minimum absolute atomic E-state index is 0.103. The van der Waals surface area contributed by atoms with Gasteiger partial charge in [0, 0.05) is 17.9 Å². The van der Waals surface area contributed by atoms with Crippen molar-refractivity contribution in [1.82, 2.24) is 0 Å². The minimum atomic E-state index is -0.356. The molecule has 0 amide bonds. The van der Waals surface area contributed by atoms with Crippen LogP contribution in [0.5, 0.6) is 0 Å². The average Bonchev–Trinajstić information content (AvgIpc) is 3.19. The summed E-state index contributed by atoms with van der Waals surface area (Å²) in [5.74, 6) is 2.46. The average molecular weight is 375 g/mol. The molecule has 0 aromatic heterocycles. The minimum Gasteiger partial charge on any atom is -0.451 e. The van der Waals surface area contributed by atoms with Crippen molar-refractivity contribution < 1.29 is 14.3 Å². The van der Waals surface area contributed by atoms with Gasteiger partial charge in [-0.05, 0) is 86.7 Å². The smallest absolute Gasteiger partial charge is 0.331 e. The van der Waals surface area contributed by atoms with Crippen LogP contribution in [-0.4, -0.2) is 17.4 Å². The quantitative estimate of drug-likeness (QED) is 0.611. The Labute approximate surface area is 160 Å². The van der Waals surface area contributed by atoms with Gasteiger partial charge in [0.15, 0.2) is 5.78 Å². The molecule has 0 radical (unpaired) electrons. The van der Waals surface area contributed by atoms with Crippen LogP contribution in [0.15, 0.2) is 22.8 Å². The molecule has 1 aliphatic heterocycles. The number of rotatable bonds is 1. The molecule has 0 N–H and O–H groups in total. The molecule has 0 aromatic rings. The summed E-state index contributed by atoms with van der Waals surface area (Å²) in [5.41, 5.74) is 1.00. The lowest BCUT2D eigenvalue weighted by Crippen LogP contribution is -2.53. The molecule has 140 valence electrons. The Hall–Kier alpha value is -1.09. The molecule has 4 aliphatic carbocycles. The lowest BCUT2D eigenvalue weighted by atomic mass is 9.49. The monoisotopic (exact) mass is 374 g/mol. The summed E-state index contributed by atoms with van der Waals surface area (Å²) in [4.78, 5) is 24.0. The molecule has 1 heterocycles. The number of hydrogen-bond acceptors (Lipinski definition) is 3. The van der Waals surface area contributed by atoms with Crippen LogP contribution in [0.4, 0.5) is 0 Å². The summed E-state index contributed by atoms with van der Waals surface area (Å²) in [6.45, 7) is 2.28. The van der Waals surface area contributed by atoms with Gasteiger partial charge < -0.3 is 4.74 Å². The van der Waals surface area contributed by atoms with E-state index in [2.05, 4.69) is 13.0 Å². The van der Waals surface area contributed by atoms with Crippen LogP contribution >= 0.6 is 11.6 Å². The molecule has 0 saturated heterocycles. The number of hydrogen-bond donors (Lipinski definition) is 0. The van der Waals surface area contributed by atoms with Crippen LogP contribution in [0.25, 0.3) is 0 Å². The second kappa shape index (κ2) is 5.70. The molecule has 1 spiro atoms. The van der Waals surface area contributed by atoms with E-state index < -0.39 is 0 Å². The van der Waals surface area contributed by atoms with Crippen molar-refractivity contribution in [3.05, 3.63) is 22.8 Å². The summed E-state index contributed by atoms with van der Waals surface area (Å²) in [7, 11) is 0. The lowest BCUT2D eigenvalue weighted by molar-refractivity contribution is -0.164. The van der Waals surface area contributed by atoms with Gasteiger partial charge in [-0.2, -0.15) is 0 Å². The second-order valence-electron chi connectivity index (χ2n) is 9.11. The SMILES string of the molecule is CC[C@]12CC[C@H]3[C@@H](CCC4=C(Cl)C(=O)CC[C@@H]43)[C@@H]1CC[C@@]21C=CC(=O)O1. The highest BCUT2D eigenvalue weighted by molar-refractivity contribution is 6.43. The summed E-state index contributed by atoms with van der Waals surface area (Å²) < 4.78 is 5.97. The van der Waals surface area contributed by atoms with E-state index in [1.165, 1.54) is 12.0 Å². The Morgan fingerprint density at radius 2 is 1.96 bits per heavy atom. The molecule has 26 heavy (non-hydrogen) atoms. The zero-order valence-electron chi connectivity index (χ0n) is 15.4. The number of carbonyl (C=O) groups is 2. The fourth-order valence-electron chi connectivity index (χ4n) is 7.67. The van der Waals surface area contributed by atoms with Crippen molar-refractivity contribution in [1.29, 1.82) is 0 Å². The molecule has 3 saturated carbocycles. The Kier molecular flexibility index (Phi) is 3.74. The molecule has 5 aliphatic rings. The normalized spacial score (nSPS) is 47.0. The topological polar surface area (TPSA) is 43.4 Å². The molecular weight excluding hydrogens is 348 g/mol. The number of esters is 1. The Bertz CT molecular complexity index is 738. The van der Waals surface area contributed by atoms with Gasteiger partial charge in [0.1, 0.15) is 5.60 Å². The first-order valence-electron chi connectivity index (χ1n) is 10.4. The zero-order valence-corrected chi connectivity index (χ0v) is 16.2. The predicted octanol–water partition coefficient (Wildman–Crippen LogP) is 4.94. The summed E-state index contributed by atoms with van der Waals surface area (Å²) in [6, 6.07) is 0. The Balaban J connectivity index is 1.50. The highest BCUT2D eigenvalue weighted by Gasteiger charge is 2.66. The van der Waals surface area contributed by atoms with Gasteiger partial charge in [0.05, 0.1) is 5.03 Å².